The molecular formula is C76H78BN3O. The van der Waals surface area contributed by atoms with E-state index in [1.807, 2.05) is 0 Å². The summed E-state index contributed by atoms with van der Waals surface area (Å²) in [5.74, 6) is 0. The van der Waals surface area contributed by atoms with Gasteiger partial charge in [0.1, 0.15) is 11.2 Å². The van der Waals surface area contributed by atoms with Crippen molar-refractivity contribution in [2.24, 2.45) is 0 Å². The van der Waals surface area contributed by atoms with E-state index < -0.39 is 0 Å². The molecule has 0 saturated heterocycles. The van der Waals surface area contributed by atoms with Crippen LogP contribution in [-0.4, -0.2) is 11.3 Å². The van der Waals surface area contributed by atoms with Gasteiger partial charge >= 0.3 is 0 Å². The Hall–Kier alpha value is -7.76. The molecule has 0 amide bonds. The second-order valence-corrected chi connectivity index (χ2v) is 28.2. The highest BCUT2D eigenvalue weighted by atomic mass is 16.3. The van der Waals surface area contributed by atoms with Crippen molar-refractivity contribution in [3.8, 4) is 16.8 Å². The van der Waals surface area contributed by atoms with Gasteiger partial charge in [0.05, 0.1) is 28.1 Å². The molecule has 0 unspecified atom stereocenters. The summed E-state index contributed by atoms with van der Waals surface area (Å²) in [6, 6.07) is 56.6. The van der Waals surface area contributed by atoms with Crippen LogP contribution in [-0.2, 0) is 21.7 Å². The number of aryl methyl sites for hydroxylation is 6. The molecule has 0 spiro atoms. The Morgan fingerprint density at radius 2 is 0.852 bits per heavy atom. The van der Waals surface area contributed by atoms with Gasteiger partial charge in [0, 0.05) is 44.3 Å². The molecule has 0 bridgehead atoms. The predicted molar refractivity (Wildman–Crippen MR) is 351 cm³/mol. The fraction of sp³-hybridized carbons (Fsp3) is 0.289. The van der Waals surface area contributed by atoms with Gasteiger partial charge in [-0.15, -0.1) is 0 Å². The summed E-state index contributed by atoms with van der Waals surface area (Å²) in [7, 11) is 0. The first-order valence-corrected chi connectivity index (χ1v) is 29.4. The molecule has 0 fully saturated rings. The molecule has 2 aliphatic rings. The van der Waals surface area contributed by atoms with Crippen molar-refractivity contribution < 1.29 is 4.42 Å². The molecule has 81 heavy (non-hydrogen) atoms. The van der Waals surface area contributed by atoms with Crippen LogP contribution >= 0.6 is 0 Å². The Morgan fingerprint density at radius 3 is 1.46 bits per heavy atom. The average molecular weight is 1060 g/mol. The van der Waals surface area contributed by atoms with Crippen LogP contribution in [0, 0.1) is 41.5 Å². The van der Waals surface area contributed by atoms with Crippen molar-refractivity contribution in [1.29, 1.82) is 0 Å². The summed E-state index contributed by atoms with van der Waals surface area (Å²) in [4.78, 5) is 5.39. The van der Waals surface area contributed by atoms with Crippen LogP contribution in [0.5, 0.6) is 0 Å². The SMILES string of the molecule is Cc1cc(C(C)(C)C)cc(C)c1N1c2cc(C(C)(C)C)ccc2B2c3cc4c5cc(C(C)(C)C)ccc5n(-c5c(C)cccc5C)c4cc3N(c3c(C)cc(-c4cccc5oc6ccccc6c45)cc3C)c3cc(C(C)(C)C)cc1c32. The van der Waals surface area contributed by atoms with Crippen molar-refractivity contribution in [3.05, 3.63) is 201 Å². The molecule has 0 atom stereocenters. The quantitative estimate of drug-likeness (QED) is 0.164. The van der Waals surface area contributed by atoms with E-state index in [0.29, 0.717) is 0 Å². The Morgan fingerprint density at radius 1 is 0.358 bits per heavy atom. The van der Waals surface area contributed by atoms with Crippen molar-refractivity contribution in [2.45, 2.75) is 146 Å². The maximum absolute atomic E-state index is 6.49. The van der Waals surface area contributed by atoms with Gasteiger partial charge in [-0.05, 0) is 207 Å². The normalized spacial score (nSPS) is 13.7. The average Bonchev–Trinajstić information content (AvgIpc) is 2.36. The number of rotatable bonds is 4. The van der Waals surface area contributed by atoms with E-state index in [4.69, 9.17) is 4.42 Å². The molecule has 4 nitrogen and oxygen atoms in total. The van der Waals surface area contributed by atoms with Gasteiger partial charge in [0.25, 0.3) is 6.71 Å². The lowest BCUT2D eigenvalue weighted by molar-refractivity contribution is 0.588. The smallest absolute Gasteiger partial charge is 0.252 e. The molecule has 0 aliphatic carbocycles. The summed E-state index contributed by atoms with van der Waals surface area (Å²) >= 11 is 0. The largest absolute Gasteiger partial charge is 0.456 e. The molecule has 0 radical (unpaired) electrons. The van der Waals surface area contributed by atoms with E-state index in [0.717, 1.165) is 21.9 Å². The van der Waals surface area contributed by atoms with Crippen molar-refractivity contribution >= 4 is 101 Å². The van der Waals surface area contributed by atoms with Gasteiger partial charge in [-0.25, -0.2) is 0 Å². The van der Waals surface area contributed by atoms with Gasteiger partial charge in [-0.1, -0.05) is 168 Å². The van der Waals surface area contributed by atoms with E-state index in [9.17, 15) is 0 Å². The van der Waals surface area contributed by atoms with Crippen LogP contribution in [0.2, 0.25) is 0 Å². The van der Waals surface area contributed by atoms with E-state index >= 15 is 0 Å². The highest BCUT2D eigenvalue weighted by Gasteiger charge is 2.46. The van der Waals surface area contributed by atoms with Crippen molar-refractivity contribution in [1.82, 2.24) is 4.57 Å². The first kappa shape index (κ1) is 52.6. The number of nitrogens with zero attached hydrogens (tertiary/aromatic N) is 3. The van der Waals surface area contributed by atoms with Gasteiger partial charge in [-0.3, -0.25) is 0 Å². The zero-order valence-electron chi connectivity index (χ0n) is 51.2. The first-order valence-electron chi connectivity index (χ1n) is 29.4. The zero-order valence-corrected chi connectivity index (χ0v) is 51.2. The minimum atomic E-state index is -0.185. The lowest BCUT2D eigenvalue weighted by atomic mass is 9.33. The van der Waals surface area contributed by atoms with Crippen LogP contribution in [0.4, 0.5) is 34.1 Å². The second kappa shape index (κ2) is 17.9. The molecule has 4 heterocycles. The minimum Gasteiger partial charge on any atom is -0.456 e. The number of furan rings is 1. The molecule has 406 valence electrons. The van der Waals surface area contributed by atoms with Crippen molar-refractivity contribution in [2.75, 3.05) is 9.80 Å². The maximum Gasteiger partial charge on any atom is 0.252 e. The highest BCUT2D eigenvalue weighted by molar-refractivity contribution is 7.00. The minimum absolute atomic E-state index is 0.00200. The molecule has 9 aromatic carbocycles. The third-order valence-corrected chi connectivity index (χ3v) is 18.2. The fourth-order valence-electron chi connectivity index (χ4n) is 14.0. The van der Waals surface area contributed by atoms with Crippen LogP contribution in [0.25, 0.3) is 60.6 Å². The number of hydrogen-bond acceptors (Lipinski definition) is 3. The summed E-state index contributed by atoms with van der Waals surface area (Å²) in [5, 5.41) is 4.86. The molecule has 2 aromatic heterocycles. The number of para-hydroxylation sites is 2. The number of fused-ring (bicyclic) bond motifs is 10. The Balaban J connectivity index is 1.19. The Bertz CT molecular complexity index is 4410. The monoisotopic (exact) mass is 1060 g/mol. The Labute approximate surface area is 481 Å². The highest BCUT2D eigenvalue weighted by Crippen LogP contribution is 2.52. The summed E-state index contributed by atoms with van der Waals surface area (Å²) < 4.78 is 9.08. The van der Waals surface area contributed by atoms with E-state index in [1.165, 1.54) is 145 Å². The van der Waals surface area contributed by atoms with Crippen LogP contribution in [0.3, 0.4) is 0 Å². The molecule has 5 heteroatoms. The number of anilines is 6. The molecule has 0 N–H and O–H groups in total. The standard InChI is InChI=1S/C76H78BN3O/c1-43-23-21-24-44(2)70(43)78-60-32-30-50(73(7,8)9)37-56(60)57-41-59-63(42-61(57)78)80(71-45(3)33-49(34-46(71)4)54-26-22-28-67-68(54)55-25-19-20-27-66(55)81-67)65-40-53(76(16,17)18)39-64-69(65)77(59)58-31-29-51(74(10,11)12)38-62(58)79(64)72-47(5)35-52(36-48(72)6)75(13,14)15/h19-42H,1-18H3. The summed E-state index contributed by atoms with van der Waals surface area (Å²) in [6.07, 6.45) is 0. The molecule has 11 aromatic rings. The van der Waals surface area contributed by atoms with Gasteiger partial charge < -0.3 is 18.8 Å². The summed E-state index contributed by atoms with van der Waals surface area (Å²) in [5.41, 5.74) is 31.8. The fourth-order valence-corrected chi connectivity index (χ4v) is 14.0. The topological polar surface area (TPSA) is 24.6 Å². The zero-order chi connectivity index (χ0) is 57.3. The number of hydrogen-bond donors (Lipinski definition) is 0. The second-order valence-electron chi connectivity index (χ2n) is 28.2. The van der Waals surface area contributed by atoms with Crippen LogP contribution in [0.1, 0.15) is 139 Å². The first-order chi connectivity index (χ1) is 38.2. The van der Waals surface area contributed by atoms with E-state index in [2.05, 4.69) is 285 Å². The lowest BCUT2D eigenvalue weighted by Crippen LogP contribution is -2.61. The maximum atomic E-state index is 6.49. The molecule has 2 aliphatic heterocycles. The predicted octanol–water partition coefficient (Wildman–Crippen LogP) is 19.5. The number of benzene rings is 9. The number of aromatic nitrogens is 1. The van der Waals surface area contributed by atoms with Gasteiger partial charge in [-0.2, -0.15) is 0 Å². The van der Waals surface area contributed by atoms with Crippen LogP contribution in [0.15, 0.2) is 150 Å². The van der Waals surface area contributed by atoms with Crippen molar-refractivity contribution in [3.63, 3.8) is 0 Å². The Kier molecular flexibility index (Phi) is 11.6. The van der Waals surface area contributed by atoms with Gasteiger partial charge in [0.15, 0.2) is 0 Å². The molecule has 13 rings (SSSR count). The third-order valence-electron chi connectivity index (χ3n) is 18.2. The van der Waals surface area contributed by atoms with Gasteiger partial charge in [0.2, 0.25) is 0 Å². The van der Waals surface area contributed by atoms with E-state index in [-0.39, 0.29) is 28.4 Å². The lowest BCUT2D eigenvalue weighted by Gasteiger charge is -2.46. The van der Waals surface area contributed by atoms with Crippen LogP contribution < -0.4 is 26.2 Å². The third kappa shape index (κ3) is 8.14. The molecule has 0 saturated carbocycles. The van der Waals surface area contributed by atoms with E-state index in [1.54, 1.807) is 0 Å². The molecular weight excluding hydrogens is 982 g/mol. The summed E-state index contributed by atoms with van der Waals surface area (Å²) in [6.45, 7) is 42.1.